The molecule has 0 fully saturated rings. The van der Waals surface area contributed by atoms with E-state index in [1.807, 2.05) is 37.4 Å². The largest absolute Gasteiger partial charge is 0.375 e. The summed E-state index contributed by atoms with van der Waals surface area (Å²) in [7, 11) is 2.02. The van der Waals surface area contributed by atoms with Crippen LogP contribution in [0.15, 0.2) is 42.5 Å². The van der Waals surface area contributed by atoms with Crippen LogP contribution in [0.2, 0.25) is 15.1 Å². The molecule has 4 nitrogen and oxygen atoms in total. The third-order valence-electron chi connectivity index (χ3n) is 3.40. The van der Waals surface area contributed by atoms with Crippen LogP contribution in [0.5, 0.6) is 0 Å². The molecule has 2 aromatic rings. The van der Waals surface area contributed by atoms with Crippen molar-refractivity contribution >= 4 is 52.2 Å². The van der Waals surface area contributed by atoms with Gasteiger partial charge in [0, 0.05) is 30.8 Å². The summed E-state index contributed by atoms with van der Waals surface area (Å²) in [6.45, 7) is 1.36. The number of carbonyl (C=O) groups is 1. The number of hydrogen-bond donors (Lipinski definition) is 2. The van der Waals surface area contributed by atoms with Crippen molar-refractivity contribution in [1.29, 1.82) is 0 Å². The first kappa shape index (κ1) is 18.7. The lowest BCUT2D eigenvalue weighted by molar-refractivity contribution is 0.252. The Hall–Kier alpha value is -1.62. The SMILES string of the molecule is CN(CCCNC(=O)Nc1c(Cl)cc(Cl)cc1Cl)c1ccccc1. The second-order valence-electron chi connectivity index (χ2n) is 5.24. The topological polar surface area (TPSA) is 44.4 Å². The minimum Gasteiger partial charge on any atom is -0.375 e. The number of amides is 2. The van der Waals surface area contributed by atoms with Crippen LogP contribution in [0.1, 0.15) is 6.42 Å². The molecule has 0 spiro atoms. The number of nitrogens with zero attached hydrogens (tertiary/aromatic N) is 1. The van der Waals surface area contributed by atoms with Gasteiger partial charge in [-0.1, -0.05) is 53.0 Å². The van der Waals surface area contributed by atoms with E-state index in [1.54, 1.807) is 0 Å². The van der Waals surface area contributed by atoms with Crippen molar-refractivity contribution in [3.05, 3.63) is 57.5 Å². The number of rotatable bonds is 6. The second-order valence-corrected chi connectivity index (χ2v) is 6.49. The zero-order chi connectivity index (χ0) is 17.5. The number of anilines is 2. The van der Waals surface area contributed by atoms with Gasteiger partial charge in [-0.3, -0.25) is 0 Å². The maximum Gasteiger partial charge on any atom is 0.319 e. The van der Waals surface area contributed by atoms with E-state index in [0.717, 1.165) is 18.7 Å². The molecule has 0 aromatic heterocycles. The molecule has 0 aliphatic rings. The van der Waals surface area contributed by atoms with Gasteiger partial charge in [-0.15, -0.1) is 0 Å². The molecule has 0 saturated carbocycles. The number of para-hydroxylation sites is 1. The van der Waals surface area contributed by atoms with E-state index in [0.29, 0.717) is 27.3 Å². The van der Waals surface area contributed by atoms with Gasteiger partial charge in [-0.2, -0.15) is 0 Å². The van der Waals surface area contributed by atoms with Crippen molar-refractivity contribution in [2.75, 3.05) is 30.4 Å². The predicted molar refractivity (Wildman–Crippen MR) is 103 cm³/mol. The molecule has 2 amide bonds. The van der Waals surface area contributed by atoms with Crippen LogP contribution in [-0.2, 0) is 0 Å². The molecule has 2 N–H and O–H groups in total. The van der Waals surface area contributed by atoms with Crippen molar-refractivity contribution in [2.45, 2.75) is 6.42 Å². The van der Waals surface area contributed by atoms with Gasteiger partial charge < -0.3 is 15.5 Å². The van der Waals surface area contributed by atoms with E-state index in [-0.39, 0.29) is 6.03 Å². The Bertz CT molecular complexity index is 672. The molecular weight excluding hydrogens is 369 g/mol. The van der Waals surface area contributed by atoms with Crippen LogP contribution in [0.4, 0.5) is 16.2 Å². The third-order valence-corrected chi connectivity index (χ3v) is 4.21. The molecule has 0 saturated heterocycles. The quantitative estimate of drug-likeness (QED) is 0.662. The standard InChI is InChI=1S/C17H18Cl3N3O/c1-23(13-6-3-2-4-7-13)9-5-8-21-17(24)22-16-14(19)10-12(18)11-15(16)20/h2-4,6-7,10-11H,5,8-9H2,1H3,(H2,21,22,24). The summed E-state index contributed by atoms with van der Waals surface area (Å²) in [5, 5.41) is 6.43. The number of hydrogen-bond acceptors (Lipinski definition) is 2. The summed E-state index contributed by atoms with van der Waals surface area (Å²) in [6.07, 6.45) is 0.806. The van der Waals surface area contributed by atoms with E-state index >= 15 is 0 Å². The average Bonchev–Trinajstić information content (AvgIpc) is 2.55. The van der Waals surface area contributed by atoms with Crippen LogP contribution in [0.25, 0.3) is 0 Å². The normalized spacial score (nSPS) is 10.3. The van der Waals surface area contributed by atoms with Crippen molar-refractivity contribution < 1.29 is 4.79 Å². The van der Waals surface area contributed by atoms with E-state index in [9.17, 15) is 4.79 Å². The zero-order valence-corrected chi connectivity index (χ0v) is 15.4. The van der Waals surface area contributed by atoms with Gasteiger partial charge in [0.1, 0.15) is 0 Å². The predicted octanol–water partition coefficient (Wildman–Crippen LogP) is 5.29. The summed E-state index contributed by atoms with van der Waals surface area (Å²) in [5.41, 5.74) is 1.49. The maximum absolute atomic E-state index is 11.9. The third kappa shape index (κ3) is 5.48. The smallest absolute Gasteiger partial charge is 0.319 e. The summed E-state index contributed by atoms with van der Waals surface area (Å²) in [4.78, 5) is 14.1. The summed E-state index contributed by atoms with van der Waals surface area (Å²) >= 11 is 17.9. The molecule has 2 rings (SSSR count). The fourth-order valence-electron chi connectivity index (χ4n) is 2.15. The van der Waals surface area contributed by atoms with Crippen LogP contribution in [0, 0.1) is 0 Å². The number of carbonyl (C=O) groups excluding carboxylic acids is 1. The number of benzene rings is 2. The van der Waals surface area contributed by atoms with E-state index < -0.39 is 0 Å². The van der Waals surface area contributed by atoms with Gasteiger partial charge in [-0.25, -0.2) is 4.79 Å². The molecule has 0 bridgehead atoms. The van der Waals surface area contributed by atoms with E-state index in [4.69, 9.17) is 34.8 Å². The Morgan fingerprint density at radius 3 is 2.33 bits per heavy atom. The first-order chi connectivity index (χ1) is 11.5. The summed E-state index contributed by atoms with van der Waals surface area (Å²) < 4.78 is 0. The highest BCUT2D eigenvalue weighted by Gasteiger charge is 2.11. The van der Waals surface area contributed by atoms with E-state index in [1.165, 1.54) is 12.1 Å². The van der Waals surface area contributed by atoms with Gasteiger partial charge in [-0.05, 0) is 30.7 Å². The molecular formula is C17H18Cl3N3O. The fraction of sp³-hybridized carbons (Fsp3) is 0.235. The summed E-state index contributed by atoms with van der Waals surface area (Å²) in [5.74, 6) is 0. The highest BCUT2D eigenvalue weighted by molar-refractivity contribution is 6.42. The molecule has 0 atom stereocenters. The van der Waals surface area contributed by atoms with Crippen LogP contribution < -0.4 is 15.5 Å². The number of nitrogens with one attached hydrogen (secondary N) is 2. The first-order valence-corrected chi connectivity index (χ1v) is 8.56. The van der Waals surface area contributed by atoms with Gasteiger partial charge in [0.05, 0.1) is 15.7 Å². The average molecular weight is 387 g/mol. The Labute approximate surface area is 156 Å². The number of urea groups is 1. The van der Waals surface area contributed by atoms with Crippen LogP contribution in [-0.4, -0.2) is 26.2 Å². The van der Waals surface area contributed by atoms with Crippen molar-refractivity contribution in [3.8, 4) is 0 Å². The zero-order valence-electron chi connectivity index (χ0n) is 13.2. The Balaban J connectivity index is 1.76. The van der Waals surface area contributed by atoms with Crippen LogP contribution in [0.3, 0.4) is 0 Å². The Morgan fingerprint density at radius 2 is 1.71 bits per heavy atom. The van der Waals surface area contributed by atoms with Crippen molar-refractivity contribution in [1.82, 2.24) is 5.32 Å². The van der Waals surface area contributed by atoms with Gasteiger partial charge in [0.2, 0.25) is 0 Å². The van der Waals surface area contributed by atoms with Gasteiger partial charge >= 0.3 is 6.03 Å². The van der Waals surface area contributed by atoms with Crippen LogP contribution >= 0.6 is 34.8 Å². The van der Waals surface area contributed by atoms with Crippen molar-refractivity contribution in [2.24, 2.45) is 0 Å². The maximum atomic E-state index is 11.9. The Kier molecular flexibility index (Phi) is 7.03. The lowest BCUT2D eigenvalue weighted by Crippen LogP contribution is -2.31. The van der Waals surface area contributed by atoms with E-state index in [2.05, 4.69) is 15.5 Å². The molecule has 0 heterocycles. The van der Waals surface area contributed by atoms with Gasteiger partial charge in [0.15, 0.2) is 0 Å². The molecule has 0 aliphatic heterocycles. The molecule has 0 unspecified atom stereocenters. The summed E-state index contributed by atoms with van der Waals surface area (Å²) in [6, 6.07) is 12.8. The lowest BCUT2D eigenvalue weighted by Gasteiger charge is -2.19. The second kappa shape index (κ2) is 9.02. The molecule has 2 aromatic carbocycles. The monoisotopic (exact) mass is 385 g/mol. The molecule has 0 radical (unpaired) electrons. The molecule has 0 aliphatic carbocycles. The minimum absolute atomic E-state index is 0.298. The highest BCUT2D eigenvalue weighted by atomic mass is 35.5. The lowest BCUT2D eigenvalue weighted by atomic mass is 10.3. The first-order valence-electron chi connectivity index (χ1n) is 7.43. The molecule has 24 heavy (non-hydrogen) atoms. The van der Waals surface area contributed by atoms with Gasteiger partial charge in [0.25, 0.3) is 0 Å². The fourth-order valence-corrected chi connectivity index (χ4v) is 3.06. The van der Waals surface area contributed by atoms with Crippen molar-refractivity contribution in [3.63, 3.8) is 0 Å². The number of halogens is 3. The minimum atomic E-state index is -0.358. The molecule has 128 valence electrons. The highest BCUT2D eigenvalue weighted by Crippen LogP contribution is 2.33. The Morgan fingerprint density at radius 1 is 1.08 bits per heavy atom. The molecule has 7 heteroatoms.